The van der Waals surface area contributed by atoms with E-state index in [0.717, 1.165) is 48.3 Å². The molecule has 2 aromatic heterocycles. The second-order valence-corrected chi connectivity index (χ2v) is 7.10. The van der Waals surface area contributed by atoms with Crippen molar-refractivity contribution in [3.8, 4) is 15.8 Å². The highest BCUT2D eigenvalue weighted by Crippen LogP contribution is 2.33. The van der Waals surface area contributed by atoms with E-state index in [1.165, 1.54) is 17.0 Å². The van der Waals surface area contributed by atoms with Crippen LogP contribution in [0.1, 0.15) is 5.69 Å². The lowest BCUT2D eigenvalue weighted by Crippen LogP contribution is -2.36. The monoisotopic (exact) mass is 383 g/mol. The Morgan fingerprint density at radius 1 is 1.11 bits per heavy atom. The van der Waals surface area contributed by atoms with Crippen molar-refractivity contribution in [1.29, 1.82) is 0 Å². The molecule has 0 saturated carbocycles. The molecule has 1 saturated heterocycles. The molecule has 0 spiro atoms. The average molecular weight is 383 g/mol. The third kappa shape index (κ3) is 4.01. The van der Waals surface area contributed by atoms with Gasteiger partial charge in [0, 0.05) is 30.7 Å². The number of thiazole rings is 1. The van der Waals surface area contributed by atoms with Crippen molar-refractivity contribution < 1.29 is 9.47 Å². The molecule has 1 fully saturated rings. The van der Waals surface area contributed by atoms with Gasteiger partial charge in [0.2, 0.25) is 5.95 Å². The van der Waals surface area contributed by atoms with Crippen molar-refractivity contribution in [2.45, 2.75) is 6.92 Å². The molecule has 4 rings (SSSR count). The smallest absolute Gasteiger partial charge is 0.273 e. The summed E-state index contributed by atoms with van der Waals surface area (Å²) in [5, 5.41) is 3.91. The molecule has 0 unspecified atom stereocenters. The first-order valence-electron chi connectivity index (χ1n) is 8.77. The minimum Gasteiger partial charge on any atom is -0.473 e. The lowest BCUT2D eigenvalue weighted by Gasteiger charge is -2.28. The van der Waals surface area contributed by atoms with Crippen LogP contribution in [0.4, 0.5) is 17.3 Å². The summed E-state index contributed by atoms with van der Waals surface area (Å²) in [6, 6.07) is 10.2. The minimum absolute atomic E-state index is 0.554. The number of aryl methyl sites for hydroxylation is 1. The second kappa shape index (κ2) is 7.89. The summed E-state index contributed by atoms with van der Waals surface area (Å²) in [6.07, 6.45) is 1.75. The van der Waals surface area contributed by atoms with Crippen molar-refractivity contribution >= 4 is 28.7 Å². The second-order valence-electron chi connectivity index (χ2n) is 6.14. The topological polar surface area (TPSA) is 72.4 Å². The van der Waals surface area contributed by atoms with Gasteiger partial charge in [0.1, 0.15) is 0 Å². The lowest BCUT2D eigenvalue weighted by molar-refractivity contribution is 0.122. The zero-order valence-corrected chi connectivity index (χ0v) is 16.1. The summed E-state index contributed by atoms with van der Waals surface area (Å²) in [5.74, 6) is 0.554. The molecule has 0 atom stereocenters. The highest BCUT2D eigenvalue weighted by molar-refractivity contribution is 7.17. The summed E-state index contributed by atoms with van der Waals surface area (Å²) in [5.41, 5.74) is 3.88. The van der Waals surface area contributed by atoms with E-state index < -0.39 is 0 Å². The molecule has 1 aliphatic heterocycles. The highest BCUT2D eigenvalue weighted by Gasteiger charge is 2.13. The standard InChI is InChI=1S/C19H21N5O2S/c1-13-17(27-19(21-13)25-2)16-7-8-20-18(23-16)22-14-3-5-15(6-4-14)24-9-11-26-12-10-24/h3-8H,9-12H2,1-2H3,(H,20,22,23). The van der Waals surface area contributed by atoms with E-state index in [2.05, 4.69) is 37.3 Å². The zero-order valence-electron chi connectivity index (χ0n) is 15.3. The number of anilines is 3. The van der Waals surface area contributed by atoms with Crippen molar-refractivity contribution in [2.24, 2.45) is 0 Å². The van der Waals surface area contributed by atoms with Gasteiger partial charge in [0.05, 0.1) is 36.6 Å². The first-order valence-corrected chi connectivity index (χ1v) is 9.59. The molecular weight excluding hydrogens is 362 g/mol. The molecule has 1 aliphatic rings. The predicted molar refractivity (Wildman–Crippen MR) is 107 cm³/mol. The summed E-state index contributed by atoms with van der Waals surface area (Å²) in [7, 11) is 1.62. The van der Waals surface area contributed by atoms with Gasteiger partial charge < -0.3 is 19.7 Å². The fourth-order valence-electron chi connectivity index (χ4n) is 2.95. The number of ether oxygens (including phenoxy) is 2. The third-order valence-electron chi connectivity index (χ3n) is 4.34. The zero-order chi connectivity index (χ0) is 18.6. The average Bonchev–Trinajstić information content (AvgIpc) is 3.10. The van der Waals surface area contributed by atoms with E-state index in [4.69, 9.17) is 9.47 Å². The molecule has 1 N–H and O–H groups in total. The Kier molecular flexibility index (Phi) is 5.17. The summed E-state index contributed by atoms with van der Waals surface area (Å²) < 4.78 is 10.6. The molecule has 0 radical (unpaired) electrons. The summed E-state index contributed by atoms with van der Waals surface area (Å²) >= 11 is 1.48. The number of nitrogens with one attached hydrogen (secondary N) is 1. The molecule has 3 heterocycles. The molecule has 1 aromatic carbocycles. The summed E-state index contributed by atoms with van der Waals surface area (Å²) in [4.78, 5) is 16.6. The van der Waals surface area contributed by atoms with Crippen molar-refractivity contribution in [1.82, 2.24) is 15.0 Å². The van der Waals surface area contributed by atoms with Gasteiger partial charge in [-0.05, 0) is 37.3 Å². The number of methoxy groups -OCH3 is 1. The Morgan fingerprint density at radius 2 is 1.89 bits per heavy atom. The molecule has 0 aliphatic carbocycles. The molecule has 0 bridgehead atoms. The number of morpholine rings is 1. The van der Waals surface area contributed by atoms with Gasteiger partial charge in [-0.1, -0.05) is 11.3 Å². The first-order chi connectivity index (χ1) is 13.2. The molecular formula is C19H21N5O2S. The van der Waals surface area contributed by atoms with Gasteiger partial charge in [0.15, 0.2) is 0 Å². The lowest BCUT2D eigenvalue weighted by atomic mass is 10.2. The number of hydrogen-bond acceptors (Lipinski definition) is 8. The maximum atomic E-state index is 5.41. The third-order valence-corrected chi connectivity index (χ3v) is 5.48. The van der Waals surface area contributed by atoms with Crippen LogP contribution in [0.5, 0.6) is 5.19 Å². The number of benzene rings is 1. The van der Waals surface area contributed by atoms with E-state index in [1.807, 2.05) is 25.1 Å². The Morgan fingerprint density at radius 3 is 2.59 bits per heavy atom. The van der Waals surface area contributed by atoms with Crippen molar-refractivity contribution in [3.63, 3.8) is 0 Å². The van der Waals surface area contributed by atoms with Crippen molar-refractivity contribution in [3.05, 3.63) is 42.2 Å². The van der Waals surface area contributed by atoms with Crippen LogP contribution in [0.3, 0.4) is 0 Å². The summed E-state index contributed by atoms with van der Waals surface area (Å²) in [6.45, 7) is 5.37. The van der Waals surface area contributed by atoms with Crippen LogP contribution in [0.25, 0.3) is 10.6 Å². The van der Waals surface area contributed by atoms with E-state index >= 15 is 0 Å². The maximum Gasteiger partial charge on any atom is 0.273 e. The van der Waals surface area contributed by atoms with Gasteiger partial charge in [-0.3, -0.25) is 0 Å². The Balaban J connectivity index is 1.50. The van der Waals surface area contributed by atoms with Gasteiger partial charge >= 0.3 is 0 Å². The number of aromatic nitrogens is 3. The Hall–Kier alpha value is -2.71. The number of rotatable bonds is 5. The molecule has 7 nitrogen and oxygen atoms in total. The quantitative estimate of drug-likeness (QED) is 0.723. The van der Waals surface area contributed by atoms with Gasteiger partial charge in [-0.15, -0.1) is 0 Å². The van der Waals surface area contributed by atoms with Crippen LogP contribution in [0, 0.1) is 6.92 Å². The van der Waals surface area contributed by atoms with Crippen LogP contribution in [0.15, 0.2) is 36.5 Å². The van der Waals surface area contributed by atoms with Crippen LogP contribution in [0.2, 0.25) is 0 Å². The van der Waals surface area contributed by atoms with Gasteiger partial charge in [-0.25, -0.2) is 15.0 Å². The fourth-order valence-corrected chi connectivity index (χ4v) is 3.80. The van der Waals surface area contributed by atoms with E-state index in [1.54, 1.807) is 13.3 Å². The Bertz CT molecular complexity index is 907. The SMILES string of the molecule is COc1nc(C)c(-c2ccnc(Nc3ccc(N4CCOCC4)cc3)n2)s1. The first kappa shape index (κ1) is 17.7. The Labute approximate surface area is 162 Å². The molecule has 3 aromatic rings. The van der Waals surface area contributed by atoms with E-state index in [9.17, 15) is 0 Å². The van der Waals surface area contributed by atoms with Crippen molar-refractivity contribution in [2.75, 3.05) is 43.6 Å². The fraction of sp³-hybridized carbons (Fsp3) is 0.316. The number of nitrogens with zero attached hydrogens (tertiary/aromatic N) is 4. The van der Waals surface area contributed by atoms with Crippen LogP contribution in [-0.2, 0) is 4.74 Å². The maximum absolute atomic E-state index is 5.41. The van der Waals surface area contributed by atoms with Crippen LogP contribution < -0.4 is 15.0 Å². The molecule has 27 heavy (non-hydrogen) atoms. The largest absolute Gasteiger partial charge is 0.473 e. The number of hydrogen-bond donors (Lipinski definition) is 1. The van der Waals surface area contributed by atoms with E-state index in [0.29, 0.717) is 11.1 Å². The van der Waals surface area contributed by atoms with E-state index in [-0.39, 0.29) is 0 Å². The van der Waals surface area contributed by atoms with Gasteiger partial charge in [-0.2, -0.15) is 0 Å². The molecule has 140 valence electrons. The minimum atomic E-state index is 0.554. The predicted octanol–water partition coefficient (Wildman–Crippen LogP) is 3.50. The molecule has 8 heteroatoms. The van der Waals surface area contributed by atoms with Gasteiger partial charge in [0.25, 0.3) is 5.19 Å². The highest BCUT2D eigenvalue weighted by atomic mass is 32.1. The van der Waals surface area contributed by atoms with Crippen LogP contribution in [-0.4, -0.2) is 48.4 Å². The van der Waals surface area contributed by atoms with Crippen LogP contribution >= 0.6 is 11.3 Å². The normalized spacial score (nSPS) is 14.2. The molecule has 0 amide bonds.